The lowest BCUT2D eigenvalue weighted by atomic mass is 10.1. The van der Waals surface area contributed by atoms with Gasteiger partial charge in [0.25, 0.3) is 0 Å². The van der Waals surface area contributed by atoms with Crippen LogP contribution in [0.3, 0.4) is 0 Å². The molecule has 0 spiro atoms. The lowest BCUT2D eigenvalue weighted by Crippen LogP contribution is -1.96. The van der Waals surface area contributed by atoms with Gasteiger partial charge < -0.3 is 10.3 Å². The summed E-state index contributed by atoms with van der Waals surface area (Å²) in [6.07, 6.45) is 4.57. The average Bonchev–Trinajstić information content (AvgIpc) is 3.33. The van der Waals surface area contributed by atoms with Crippen molar-refractivity contribution in [3.05, 3.63) is 66.6 Å². The van der Waals surface area contributed by atoms with Crippen LogP contribution in [0.15, 0.2) is 60.9 Å². The molecule has 27 heavy (non-hydrogen) atoms. The van der Waals surface area contributed by atoms with Crippen LogP contribution in [-0.2, 0) is 6.42 Å². The van der Waals surface area contributed by atoms with Crippen molar-refractivity contribution in [2.24, 2.45) is 0 Å². The van der Waals surface area contributed by atoms with Crippen LogP contribution in [0.2, 0.25) is 0 Å². The Kier molecular flexibility index (Phi) is 3.60. The molecule has 5 aromatic rings. The van der Waals surface area contributed by atoms with Crippen LogP contribution in [0, 0.1) is 0 Å². The predicted octanol–water partition coefficient (Wildman–Crippen LogP) is 4.81. The zero-order chi connectivity index (χ0) is 18.2. The van der Waals surface area contributed by atoms with Crippen molar-refractivity contribution in [1.82, 2.24) is 25.1 Å². The molecule has 3 aromatic heterocycles. The zero-order valence-corrected chi connectivity index (χ0v) is 14.8. The summed E-state index contributed by atoms with van der Waals surface area (Å²) >= 11 is 0. The number of aromatic nitrogens is 5. The summed E-state index contributed by atoms with van der Waals surface area (Å²) in [7, 11) is 0. The van der Waals surface area contributed by atoms with Crippen LogP contribution in [0.5, 0.6) is 0 Å². The second-order valence-electron chi connectivity index (χ2n) is 6.51. The summed E-state index contributed by atoms with van der Waals surface area (Å²) in [5.41, 5.74) is 5.29. The Morgan fingerprint density at radius 1 is 0.963 bits per heavy atom. The second kappa shape index (κ2) is 6.25. The topological polar surface area (TPSA) is 82.3 Å². The summed E-state index contributed by atoms with van der Waals surface area (Å²) in [6.45, 7) is 2.14. The molecule has 0 fully saturated rings. The van der Waals surface area contributed by atoms with Crippen LogP contribution in [0.4, 0.5) is 11.5 Å². The molecule has 0 saturated heterocycles. The van der Waals surface area contributed by atoms with Crippen LogP contribution in [0.1, 0.15) is 12.6 Å². The van der Waals surface area contributed by atoms with Gasteiger partial charge in [-0.25, -0.2) is 9.97 Å². The van der Waals surface area contributed by atoms with Gasteiger partial charge in [-0.1, -0.05) is 19.1 Å². The molecular weight excluding hydrogens is 336 g/mol. The third-order valence-electron chi connectivity index (χ3n) is 4.69. The van der Waals surface area contributed by atoms with E-state index >= 15 is 0 Å². The third-order valence-corrected chi connectivity index (χ3v) is 4.69. The molecule has 0 radical (unpaired) electrons. The second-order valence-corrected chi connectivity index (χ2v) is 6.51. The first kappa shape index (κ1) is 15.6. The monoisotopic (exact) mass is 354 g/mol. The number of anilines is 2. The summed E-state index contributed by atoms with van der Waals surface area (Å²) in [5.74, 6) is 1.45. The van der Waals surface area contributed by atoms with Crippen molar-refractivity contribution in [2.45, 2.75) is 13.3 Å². The summed E-state index contributed by atoms with van der Waals surface area (Å²) < 4.78 is 0. The van der Waals surface area contributed by atoms with E-state index in [4.69, 9.17) is 0 Å². The fraction of sp³-hybridized carbons (Fsp3) is 0.0952. The minimum atomic E-state index is 0.693. The van der Waals surface area contributed by atoms with Gasteiger partial charge in [-0.05, 0) is 48.2 Å². The van der Waals surface area contributed by atoms with E-state index in [0.29, 0.717) is 5.82 Å². The van der Waals surface area contributed by atoms with Crippen molar-refractivity contribution < 1.29 is 0 Å². The maximum atomic E-state index is 4.68. The van der Waals surface area contributed by atoms with Gasteiger partial charge in [0.1, 0.15) is 5.82 Å². The molecule has 0 bridgehead atoms. The average molecular weight is 354 g/mol. The molecular formula is C21H18N6. The van der Waals surface area contributed by atoms with Gasteiger partial charge in [0, 0.05) is 34.0 Å². The first-order valence-corrected chi connectivity index (χ1v) is 8.94. The predicted molar refractivity (Wildman–Crippen MR) is 108 cm³/mol. The highest BCUT2D eigenvalue weighted by atomic mass is 15.1. The Balaban J connectivity index is 1.47. The maximum absolute atomic E-state index is 4.68. The van der Waals surface area contributed by atoms with E-state index in [1.165, 1.54) is 11.1 Å². The standard InChI is InChI=1S/C21H18N6/c1-2-16-9-13-3-4-14(11-19(13)24-16)21-22-8-7-20(26-21)25-17-5-6-18-15(10-17)12-23-27-18/h3-12,24H,2H2,1H3,(H,23,27)(H,22,25,26). The largest absolute Gasteiger partial charge is 0.358 e. The Labute approximate surface area is 155 Å². The van der Waals surface area contributed by atoms with E-state index in [1.807, 2.05) is 30.5 Å². The molecule has 6 nitrogen and oxygen atoms in total. The molecule has 132 valence electrons. The Hall–Kier alpha value is -3.67. The van der Waals surface area contributed by atoms with E-state index in [0.717, 1.165) is 39.9 Å². The van der Waals surface area contributed by atoms with Gasteiger partial charge in [0.05, 0.1) is 11.7 Å². The van der Waals surface area contributed by atoms with Crippen LogP contribution in [0.25, 0.3) is 33.2 Å². The number of rotatable bonds is 4. The van der Waals surface area contributed by atoms with Crippen LogP contribution < -0.4 is 5.32 Å². The van der Waals surface area contributed by atoms with Crippen LogP contribution in [-0.4, -0.2) is 25.1 Å². The Morgan fingerprint density at radius 2 is 1.93 bits per heavy atom. The Morgan fingerprint density at radius 3 is 2.85 bits per heavy atom. The van der Waals surface area contributed by atoms with E-state index in [2.05, 4.69) is 61.7 Å². The molecule has 6 heteroatoms. The minimum absolute atomic E-state index is 0.693. The number of aryl methyl sites for hydroxylation is 1. The highest BCUT2D eigenvalue weighted by molar-refractivity contribution is 5.85. The van der Waals surface area contributed by atoms with Gasteiger partial charge in [0.2, 0.25) is 0 Å². The first-order chi connectivity index (χ1) is 13.3. The van der Waals surface area contributed by atoms with E-state index in [1.54, 1.807) is 6.20 Å². The van der Waals surface area contributed by atoms with Crippen molar-refractivity contribution in [3.8, 4) is 11.4 Å². The lowest BCUT2D eigenvalue weighted by molar-refractivity contribution is 1.07. The summed E-state index contributed by atoms with van der Waals surface area (Å²) in [6, 6.07) is 16.4. The fourth-order valence-electron chi connectivity index (χ4n) is 3.25. The molecule has 3 heterocycles. The summed E-state index contributed by atoms with van der Waals surface area (Å²) in [4.78, 5) is 12.6. The molecule has 0 saturated carbocycles. The normalized spacial score (nSPS) is 11.3. The molecule has 3 N–H and O–H groups in total. The maximum Gasteiger partial charge on any atom is 0.161 e. The molecule has 2 aromatic carbocycles. The van der Waals surface area contributed by atoms with Gasteiger partial charge in [-0.3, -0.25) is 5.10 Å². The lowest BCUT2D eigenvalue weighted by Gasteiger charge is -2.07. The number of benzene rings is 2. The molecule has 0 aliphatic heterocycles. The highest BCUT2D eigenvalue weighted by Gasteiger charge is 2.07. The minimum Gasteiger partial charge on any atom is -0.358 e. The zero-order valence-electron chi connectivity index (χ0n) is 14.8. The molecule has 5 rings (SSSR count). The van der Waals surface area contributed by atoms with E-state index in [-0.39, 0.29) is 0 Å². The SMILES string of the molecule is CCc1cc2ccc(-c3nccc(Nc4ccc5[nH]ncc5c4)n3)cc2[nH]1. The number of fused-ring (bicyclic) bond motifs is 2. The molecule has 0 atom stereocenters. The quantitative estimate of drug-likeness (QED) is 0.433. The van der Waals surface area contributed by atoms with E-state index in [9.17, 15) is 0 Å². The smallest absolute Gasteiger partial charge is 0.161 e. The van der Waals surface area contributed by atoms with Gasteiger partial charge >= 0.3 is 0 Å². The van der Waals surface area contributed by atoms with Crippen molar-refractivity contribution in [3.63, 3.8) is 0 Å². The number of nitrogens with zero attached hydrogens (tertiary/aromatic N) is 3. The molecule has 0 amide bonds. The molecule has 0 aliphatic carbocycles. The number of H-pyrrole nitrogens is 2. The fourth-order valence-corrected chi connectivity index (χ4v) is 3.25. The van der Waals surface area contributed by atoms with Crippen molar-refractivity contribution >= 4 is 33.3 Å². The Bertz CT molecular complexity index is 1250. The number of hydrogen-bond acceptors (Lipinski definition) is 4. The third kappa shape index (κ3) is 2.91. The van der Waals surface area contributed by atoms with Crippen molar-refractivity contribution in [1.29, 1.82) is 0 Å². The van der Waals surface area contributed by atoms with Gasteiger partial charge in [0.15, 0.2) is 5.82 Å². The van der Waals surface area contributed by atoms with E-state index < -0.39 is 0 Å². The highest BCUT2D eigenvalue weighted by Crippen LogP contribution is 2.25. The van der Waals surface area contributed by atoms with Gasteiger partial charge in [-0.2, -0.15) is 5.10 Å². The first-order valence-electron chi connectivity index (χ1n) is 8.94. The van der Waals surface area contributed by atoms with Gasteiger partial charge in [-0.15, -0.1) is 0 Å². The number of nitrogens with one attached hydrogen (secondary N) is 3. The summed E-state index contributed by atoms with van der Waals surface area (Å²) in [5, 5.41) is 12.6. The molecule has 0 aliphatic rings. The number of aromatic amines is 2. The molecule has 0 unspecified atom stereocenters. The number of hydrogen-bond donors (Lipinski definition) is 3. The van der Waals surface area contributed by atoms with Crippen molar-refractivity contribution in [2.75, 3.05) is 5.32 Å². The van der Waals surface area contributed by atoms with Crippen LogP contribution >= 0.6 is 0 Å².